The van der Waals surface area contributed by atoms with E-state index in [1.807, 2.05) is 30.9 Å². The first kappa shape index (κ1) is 24.7. The lowest BCUT2D eigenvalue weighted by Crippen LogP contribution is -2.45. The van der Waals surface area contributed by atoms with Crippen LogP contribution < -0.4 is 5.32 Å². The Hall–Kier alpha value is -3.37. The molecule has 2 heterocycles. The molecule has 0 radical (unpaired) electrons. The van der Waals surface area contributed by atoms with E-state index in [-0.39, 0.29) is 18.1 Å². The lowest BCUT2D eigenvalue weighted by atomic mass is 9.90. The number of hydrogen-bond acceptors (Lipinski definition) is 6. The van der Waals surface area contributed by atoms with E-state index in [1.54, 1.807) is 25.3 Å². The van der Waals surface area contributed by atoms with Gasteiger partial charge in [0.15, 0.2) is 0 Å². The zero-order valence-electron chi connectivity index (χ0n) is 20.0. The summed E-state index contributed by atoms with van der Waals surface area (Å²) in [5, 5.41) is 15.6. The van der Waals surface area contributed by atoms with Crippen LogP contribution in [0.15, 0.2) is 51.9 Å². The number of benzene rings is 2. The van der Waals surface area contributed by atoms with Crippen molar-refractivity contribution in [2.45, 2.75) is 24.0 Å². The maximum absolute atomic E-state index is 14.8. The van der Waals surface area contributed by atoms with Crippen LogP contribution >= 0.6 is 10.0 Å². The van der Waals surface area contributed by atoms with Gasteiger partial charge >= 0.3 is 0 Å². The molecule has 2 amide bonds. The van der Waals surface area contributed by atoms with E-state index >= 15 is 0 Å². The molecule has 186 valence electrons. The van der Waals surface area contributed by atoms with Crippen LogP contribution in [0, 0.1) is 5.82 Å². The summed E-state index contributed by atoms with van der Waals surface area (Å²) in [4.78, 5) is 28.7. The summed E-state index contributed by atoms with van der Waals surface area (Å²) in [6.07, 6.45) is 6.49. The summed E-state index contributed by atoms with van der Waals surface area (Å²) < 4.78 is 24.9. The fourth-order valence-electron chi connectivity index (χ4n) is 4.23. The predicted molar refractivity (Wildman–Crippen MR) is 131 cm³/mol. The molecular formula is C25H28FN3O5S. The number of carbonyl (C=O) groups excluding carboxylic acids is 2. The number of methoxy groups -OCH3 is 1. The van der Waals surface area contributed by atoms with E-state index in [9.17, 15) is 19.1 Å². The molecule has 1 aromatic heterocycles. The summed E-state index contributed by atoms with van der Waals surface area (Å²) >= 11 is 0. The minimum Gasteiger partial charge on any atom is -0.491 e. The van der Waals surface area contributed by atoms with Gasteiger partial charge in [-0.1, -0.05) is 18.2 Å². The van der Waals surface area contributed by atoms with Crippen molar-refractivity contribution in [1.29, 1.82) is 0 Å². The normalized spacial score (nSPS) is 16.0. The van der Waals surface area contributed by atoms with Gasteiger partial charge in [-0.15, -0.1) is 0 Å². The summed E-state index contributed by atoms with van der Waals surface area (Å²) in [7, 11) is 0.321. The van der Waals surface area contributed by atoms with Gasteiger partial charge in [0.25, 0.3) is 17.7 Å². The molecule has 0 bridgehead atoms. The first-order valence-corrected chi connectivity index (χ1v) is 13.8. The molecule has 0 spiro atoms. The quantitative estimate of drug-likeness (QED) is 0.527. The highest BCUT2D eigenvalue weighted by molar-refractivity contribution is 8.32. The monoisotopic (exact) mass is 501 g/mol. The van der Waals surface area contributed by atoms with E-state index in [4.69, 9.17) is 9.26 Å². The molecule has 1 aliphatic rings. The first-order valence-electron chi connectivity index (χ1n) is 10.9. The first-order chi connectivity index (χ1) is 16.6. The number of fused-ring (bicyclic) bond motifs is 1. The third-order valence-corrected chi connectivity index (χ3v) is 7.47. The highest BCUT2D eigenvalue weighted by atomic mass is 32.3. The molecule has 2 N–H and O–H groups in total. The van der Waals surface area contributed by atoms with E-state index < -0.39 is 33.8 Å². The summed E-state index contributed by atoms with van der Waals surface area (Å²) in [5.74, 6) is -2.06. The van der Waals surface area contributed by atoms with E-state index in [2.05, 4.69) is 10.5 Å². The maximum Gasteiger partial charge on any atom is 0.293 e. The number of amides is 2. The van der Waals surface area contributed by atoms with Crippen molar-refractivity contribution < 1.29 is 28.3 Å². The number of carbonyl (C=O) groups is 2. The third kappa shape index (κ3) is 5.18. The van der Waals surface area contributed by atoms with Crippen LogP contribution in [-0.4, -0.2) is 59.4 Å². The maximum atomic E-state index is 14.8. The van der Waals surface area contributed by atoms with Gasteiger partial charge in [-0.3, -0.25) is 9.59 Å². The van der Waals surface area contributed by atoms with Crippen molar-refractivity contribution in [2.75, 3.05) is 37.7 Å². The Bertz CT molecular complexity index is 1270. The highest BCUT2D eigenvalue weighted by Crippen LogP contribution is 2.47. The molecule has 4 rings (SSSR count). The second-order valence-corrected chi connectivity index (χ2v) is 13.3. The van der Waals surface area contributed by atoms with Crippen molar-refractivity contribution in [1.82, 2.24) is 10.1 Å². The van der Waals surface area contributed by atoms with Gasteiger partial charge in [0.1, 0.15) is 11.9 Å². The smallest absolute Gasteiger partial charge is 0.293 e. The van der Waals surface area contributed by atoms with Gasteiger partial charge < -0.3 is 24.6 Å². The lowest BCUT2D eigenvalue weighted by molar-refractivity contribution is -0.121. The van der Waals surface area contributed by atoms with Gasteiger partial charge in [0, 0.05) is 24.2 Å². The van der Waals surface area contributed by atoms with Crippen LogP contribution in [0.4, 0.5) is 10.1 Å². The Balaban J connectivity index is 1.69. The molecule has 0 fully saturated rings. The van der Waals surface area contributed by atoms with E-state index in [1.165, 1.54) is 11.0 Å². The van der Waals surface area contributed by atoms with Crippen molar-refractivity contribution >= 4 is 27.5 Å². The Morgan fingerprint density at radius 2 is 2.00 bits per heavy atom. The number of ether oxygens (including phenoxy) is 1. The van der Waals surface area contributed by atoms with Crippen molar-refractivity contribution in [3.8, 4) is 5.88 Å². The standard InChI is InChI=1S/C25H28FN3O5S/c1-33-14-15-5-7-18-16(11-15)9-10-29(25(32)20-13-22(30)28-34-20)23(18)24(31)27-17-6-8-21(19(26)12-17)35(2,3)4/h5-8,11-13,23H,9-10,14H2,1-4H3,(H,27,31)(H,28,30)/t23-/m1/s1. The summed E-state index contributed by atoms with van der Waals surface area (Å²) in [6.45, 7) is 0.661. The minimum atomic E-state index is -1.28. The van der Waals surface area contributed by atoms with Crippen molar-refractivity contribution in [2.24, 2.45) is 0 Å². The molecule has 1 atom stereocenters. The molecule has 0 saturated carbocycles. The van der Waals surface area contributed by atoms with Crippen molar-refractivity contribution in [3.63, 3.8) is 0 Å². The largest absolute Gasteiger partial charge is 0.491 e. The van der Waals surface area contributed by atoms with Crippen LogP contribution in [-0.2, 0) is 22.6 Å². The average Bonchev–Trinajstić information content (AvgIpc) is 3.23. The number of rotatable bonds is 6. The Labute approximate surface area is 204 Å². The number of aromatic hydroxyl groups is 1. The lowest BCUT2D eigenvalue weighted by Gasteiger charge is -2.36. The molecule has 35 heavy (non-hydrogen) atoms. The molecule has 3 aromatic rings. The molecule has 0 unspecified atom stereocenters. The van der Waals surface area contributed by atoms with Crippen LogP contribution in [0.3, 0.4) is 0 Å². The van der Waals surface area contributed by atoms with E-state index in [0.717, 1.165) is 17.2 Å². The second kappa shape index (κ2) is 9.71. The fraction of sp³-hybridized carbons (Fsp3) is 0.320. The molecule has 0 saturated heterocycles. The Morgan fingerprint density at radius 3 is 2.63 bits per heavy atom. The van der Waals surface area contributed by atoms with E-state index in [0.29, 0.717) is 29.2 Å². The second-order valence-electron chi connectivity index (χ2n) is 9.14. The zero-order chi connectivity index (χ0) is 25.3. The molecule has 2 aromatic carbocycles. The molecule has 0 aliphatic carbocycles. The summed E-state index contributed by atoms with van der Waals surface area (Å²) in [6, 6.07) is 10.4. The Morgan fingerprint density at radius 1 is 1.23 bits per heavy atom. The number of hydrogen-bond donors (Lipinski definition) is 2. The van der Waals surface area contributed by atoms with Crippen molar-refractivity contribution in [3.05, 3.63) is 70.7 Å². The van der Waals surface area contributed by atoms with Crippen LogP contribution in [0.25, 0.3) is 0 Å². The molecule has 8 nitrogen and oxygen atoms in total. The number of aromatic nitrogens is 1. The van der Waals surface area contributed by atoms with Gasteiger partial charge in [-0.2, -0.15) is 0 Å². The molecule has 1 aliphatic heterocycles. The number of nitrogens with zero attached hydrogens (tertiary/aromatic N) is 2. The predicted octanol–water partition coefficient (Wildman–Crippen LogP) is 4.10. The SMILES string of the molecule is COCc1ccc2c(c1)CCN(C(=O)c1cc(O)no1)[C@H]2C(=O)Nc1ccc(S(C)(C)C)c(F)c1. The zero-order valence-corrected chi connectivity index (χ0v) is 20.8. The number of anilines is 1. The average molecular weight is 502 g/mol. The third-order valence-electron chi connectivity index (χ3n) is 5.82. The fourth-order valence-corrected chi connectivity index (χ4v) is 5.35. The molecule has 10 heteroatoms. The van der Waals surface area contributed by atoms with Crippen LogP contribution in [0.2, 0.25) is 0 Å². The highest BCUT2D eigenvalue weighted by Gasteiger charge is 2.38. The van der Waals surface area contributed by atoms with Gasteiger partial charge in [0.2, 0.25) is 5.76 Å². The Kier molecular flexibility index (Phi) is 6.86. The van der Waals surface area contributed by atoms with Gasteiger partial charge in [-0.05, 0) is 65.2 Å². The van der Waals surface area contributed by atoms with Gasteiger partial charge in [0.05, 0.1) is 12.7 Å². The summed E-state index contributed by atoms with van der Waals surface area (Å²) in [5.41, 5.74) is 2.82. The van der Waals surface area contributed by atoms with Crippen LogP contribution in [0.5, 0.6) is 5.88 Å². The topological polar surface area (TPSA) is 105 Å². The van der Waals surface area contributed by atoms with Gasteiger partial charge in [-0.25, -0.2) is 14.4 Å². The minimum absolute atomic E-state index is 0.177. The molecular weight excluding hydrogens is 473 g/mol. The number of halogens is 1. The van der Waals surface area contributed by atoms with Crippen LogP contribution in [0.1, 0.15) is 33.3 Å². The number of nitrogens with one attached hydrogen (secondary N) is 1.